The molecule has 1 N–H and O–H groups in total. The van der Waals surface area contributed by atoms with E-state index in [1.165, 1.54) is 11.1 Å². The van der Waals surface area contributed by atoms with Gasteiger partial charge in [-0.25, -0.2) is 0 Å². The van der Waals surface area contributed by atoms with E-state index in [0.717, 1.165) is 45.9 Å². The lowest BCUT2D eigenvalue weighted by Crippen LogP contribution is -2.39. The van der Waals surface area contributed by atoms with E-state index in [9.17, 15) is 4.79 Å². The first-order valence-corrected chi connectivity index (χ1v) is 8.09. The smallest absolute Gasteiger partial charge is 0.221 e. The fourth-order valence-corrected chi connectivity index (χ4v) is 3.03. The number of nitrogens with zero attached hydrogens (tertiary/aromatic N) is 1. The first-order chi connectivity index (χ1) is 10.8. The van der Waals surface area contributed by atoms with Crippen molar-refractivity contribution in [2.24, 2.45) is 0 Å². The third-order valence-corrected chi connectivity index (χ3v) is 4.34. The van der Waals surface area contributed by atoms with Crippen LogP contribution in [0.2, 0.25) is 0 Å². The summed E-state index contributed by atoms with van der Waals surface area (Å²) < 4.78 is 11.1. The second-order valence-electron chi connectivity index (χ2n) is 5.82. The molecule has 1 fully saturated rings. The highest BCUT2D eigenvalue weighted by atomic mass is 16.5. The van der Waals surface area contributed by atoms with E-state index >= 15 is 0 Å². The highest BCUT2D eigenvalue weighted by molar-refractivity contribution is 5.76. The molecule has 2 aliphatic heterocycles. The van der Waals surface area contributed by atoms with E-state index in [1.807, 2.05) is 6.07 Å². The molecule has 1 saturated heterocycles. The second kappa shape index (κ2) is 7.72. The maximum atomic E-state index is 12.0. The van der Waals surface area contributed by atoms with Crippen molar-refractivity contribution in [1.82, 2.24) is 10.2 Å². The van der Waals surface area contributed by atoms with Crippen LogP contribution in [0.15, 0.2) is 24.3 Å². The van der Waals surface area contributed by atoms with Gasteiger partial charge < -0.3 is 14.8 Å². The molecule has 1 unspecified atom stereocenters. The van der Waals surface area contributed by atoms with Crippen LogP contribution < -0.4 is 5.32 Å². The fraction of sp³-hybridized carbons (Fsp3) is 0.588. The molecule has 1 atom stereocenters. The third-order valence-electron chi connectivity index (χ3n) is 4.34. The van der Waals surface area contributed by atoms with Crippen LogP contribution in [-0.2, 0) is 20.7 Å². The Hall–Kier alpha value is -1.43. The van der Waals surface area contributed by atoms with Gasteiger partial charge in [-0.2, -0.15) is 0 Å². The minimum atomic E-state index is -0.0164. The molecule has 120 valence electrons. The van der Waals surface area contributed by atoms with Crippen molar-refractivity contribution in [3.05, 3.63) is 35.4 Å². The van der Waals surface area contributed by atoms with Crippen molar-refractivity contribution < 1.29 is 14.3 Å². The Morgan fingerprint density at radius 2 is 2.05 bits per heavy atom. The highest BCUT2D eigenvalue weighted by Crippen LogP contribution is 2.26. The third kappa shape index (κ3) is 4.06. The quantitative estimate of drug-likeness (QED) is 0.886. The van der Waals surface area contributed by atoms with Crippen LogP contribution in [-0.4, -0.2) is 56.8 Å². The standard InChI is InChI=1S/C17H24N2O3/c20-17(5-7-19-8-11-21-12-9-19)18-13-16-15-4-2-1-3-14(15)6-10-22-16/h1-4,16H,5-13H2,(H,18,20). The van der Waals surface area contributed by atoms with Gasteiger partial charge in [-0.05, 0) is 17.5 Å². The summed E-state index contributed by atoms with van der Waals surface area (Å²) in [5.41, 5.74) is 2.54. The number of fused-ring (bicyclic) bond motifs is 1. The SMILES string of the molecule is O=C(CCN1CCOCC1)NCC1OCCc2ccccc21. The van der Waals surface area contributed by atoms with Crippen molar-refractivity contribution in [1.29, 1.82) is 0 Å². The molecule has 1 amide bonds. The summed E-state index contributed by atoms with van der Waals surface area (Å²) in [7, 11) is 0. The first kappa shape index (κ1) is 15.5. The van der Waals surface area contributed by atoms with Crippen LogP contribution in [0.3, 0.4) is 0 Å². The van der Waals surface area contributed by atoms with Crippen LogP contribution in [0.4, 0.5) is 0 Å². The van der Waals surface area contributed by atoms with E-state index in [1.54, 1.807) is 0 Å². The summed E-state index contributed by atoms with van der Waals surface area (Å²) in [6.45, 7) is 5.48. The molecule has 0 saturated carbocycles. The summed E-state index contributed by atoms with van der Waals surface area (Å²) in [4.78, 5) is 14.3. The fourth-order valence-electron chi connectivity index (χ4n) is 3.03. The van der Waals surface area contributed by atoms with Gasteiger partial charge in [0.15, 0.2) is 0 Å². The minimum absolute atomic E-state index is 0.0164. The normalized spacial score (nSPS) is 22.1. The van der Waals surface area contributed by atoms with Crippen LogP contribution in [0.1, 0.15) is 23.7 Å². The largest absolute Gasteiger partial charge is 0.379 e. The van der Waals surface area contributed by atoms with E-state index in [0.29, 0.717) is 13.0 Å². The Kier molecular flexibility index (Phi) is 5.43. The molecule has 5 nitrogen and oxygen atoms in total. The van der Waals surface area contributed by atoms with Gasteiger partial charge in [0.05, 0.1) is 19.8 Å². The average Bonchev–Trinajstić information content (AvgIpc) is 2.59. The number of carbonyl (C=O) groups is 1. The molecule has 2 heterocycles. The molecular formula is C17H24N2O3. The summed E-state index contributed by atoms with van der Waals surface area (Å²) >= 11 is 0. The predicted molar refractivity (Wildman–Crippen MR) is 83.7 cm³/mol. The molecular weight excluding hydrogens is 280 g/mol. The summed E-state index contributed by atoms with van der Waals surface area (Å²) in [6, 6.07) is 8.33. The zero-order valence-corrected chi connectivity index (χ0v) is 12.9. The molecule has 1 aromatic carbocycles. The van der Waals surface area contributed by atoms with Gasteiger partial charge in [0.25, 0.3) is 0 Å². The van der Waals surface area contributed by atoms with Gasteiger partial charge in [0.2, 0.25) is 5.91 Å². The van der Waals surface area contributed by atoms with Crippen molar-refractivity contribution in [3.8, 4) is 0 Å². The molecule has 3 rings (SSSR count). The molecule has 0 radical (unpaired) electrons. The lowest BCUT2D eigenvalue weighted by Gasteiger charge is -2.27. The van der Waals surface area contributed by atoms with E-state index in [2.05, 4.69) is 28.4 Å². The van der Waals surface area contributed by atoms with Crippen LogP contribution in [0.5, 0.6) is 0 Å². The van der Waals surface area contributed by atoms with Gasteiger partial charge in [0.1, 0.15) is 6.10 Å². The number of ether oxygens (including phenoxy) is 2. The van der Waals surface area contributed by atoms with Crippen LogP contribution in [0, 0.1) is 0 Å². The van der Waals surface area contributed by atoms with Gasteiger partial charge in [0, 0.05) is 32.6 Å². The molecule has 0 aliphatic carbocycles. The zero-order chi connectivity index (χ0) is 15.2. The summed E-state index contributed by atoms with van der Waals surface area (Å²) in [5, 5.41) is 3.01. The van der Waals surface area contributed by atoms with E-state index < -0.39 is 0 Å². The van der Waals surface area contributed by atoms with Crippen molar-refractivity contribution in [2.45, 2.75) is 18.9 Å². The Morgan fingerprint density at radius 1 is 1.23 bits per heavy atom. The maximum Gasteiger partial charge on any atom is 0.221 e. The molecule has 2 aliphatic rings. The van der Waals surface area contributed by atoms with Gasteiger partial charge in [-0.3, -0.25) is 9.69 Å². The Morgan fingerprint density at radius 3 is 2.91 bits per heavy atom. The molecule has 0 bridgehead atoms. The summed E-state index contributed by atoms with van der Waals surface area (Å²) in [5.74, 6) is 0.0955. The Balaban J connectivity index is 1.43. The van der Waals surface area contributed by atoms with Gasteiger partial charge >= 0.3 is 0 Å². The zero-order valence-electron chi connectivity index (χ0n) is 12.9. The molecule has 5 heteroatoms. The summed E-state index contributed by atoms with van der Waals surface area (Å²) in [6.07, 6.45) is 1.48. The minimum Gasteiger partial charge on any atom is -0.379 e. The number of hydrogen-bond acceptors (Lipinski definition) is 4. The lowest BCUT2D eigenvalue weighted by atomic mass is 9.97. The van der Waals surface area contributed by atoms with Crippen molar-refractivity contribution in [3.63, 3.8) is 0 Å². The number of carbonyl (C=O) groups excluding carboxylic acids is 1. The van der Waals surface area contributed by atoms with Gasteiger partial charge in [-0.15, -0.1) is 0 Å². The predicted octanol–water partition coefficient (Wildman–Crippen LogP) is 1.14. The number of benzene rings is 1. The average molecular weight is 304 g/mol. The molecule has 22 heavy (non-hydrogen) atoms. The van der Waals surface area contributed by atoms with Crippen LogP contribution >= 0.6 is 0 Å². The monoisotopic (exact) mass is 304 g/mol. The Labute approximate surface area is 131 Å². The Bertz CT molecular complexity index is 500. The highest BCUT2D eigenvalue weighted by Gasteiger charge is 2.21. The molecule has 1 aromatic rings. The van der Waals surface area contributed by atoms with Crippen molar-refractivity contribution >= 4 is 5.91 Å². The molecule has 0 spiro atoms. The van der Waals surface area contributed by atoms with E-state index in [-0.39, 0.29) is 12.0 Å². The van der Waals surface area contributed by atoms with Crippen molar-refractivity contribution in [2.75, 3.05) is 46.0 Å². The number of nitrogens with one attached hydrogen (secondary N) is 1. The lowest BCUT2D eigenvalue weighted by molar-refractivity contribution is -0.122. The second-order valence-corrected chi connectivity index (χ2v) is 5.82. The molecule has 0 aromatic heterocycles. The van der Waals surface area contributed by atoms with Crippen LogP contribution in [0.25, 0.3) is 0 Å². The number of morpholine rings is 1. The number of hydrogen-bond donors (Lipinski definition) is 1. The van der Waals surface area contributed by atoms with Gasteiger partial charge in [-0.1, -0.05) is 24.3 Å². The maximum absolute atomic E-state index is 12.0. The number of amides is 1. The number of rotatable bonds is 5. The topological polar surface area (TPSA) is 50.8 Å². The van der Waals surface area contributed by atoms with E-state index in [4.69, 9.17) is 9.47 Å². The first-order valence-electron chi connectivity index (χ1n) is 8.09.